The number of nitrogens with zero attached hydrogens (tertiary/aromatic N) is 4. The molecule has 2 aromatic rings. The van der Waals surface area contributed by atoms with Crippen molar-refractivity contribution < 1.29 is 9.59 Å². The highest BCUT2D eigenvalue weighted by molar-refractivity contribution is 5.78. The van der Waals surface area contributed by atoms with Gasteiger partial charge in [0.25, 0.3) is 5.56 Å². The molecule has 8 nitrogen and oxygen atoms in total. The number of amides is 2. The maximum Gasteiger partial charge on any atom is 0.291 e. The maximum atomic E-state index is 12.1. The Morgan fingerprint density at radius 2 is 2.22 bits per heavy atom. The van der Waals surface area contributed by atoms with Crippen LogP contribution in [0.4, 0.5) is 0 Å². The van der Waals surface area contributed by atoms with Crippen LogP contribution in [0.5, 0.6) is 0 Å². The first-order chi connectivity index (χ1) is 11.1. The molecule has 8 heteroatoms. The molecule has 1 aliphatic rings. The topological polar surface area (TPSA) is 88.7 Å². The van der Waals surface area contributed by atoms with E-state index in [-0.39, 0.29) is 23.9 Å². The monoisotopic (exact) mass is 317 g/mol. The number of nitrogens with one attached hydrogen (secondary N) is 1. The summed E-state index contributed by atoms with van der Waals surface area (Å²) in [6.45, 7) is 1.84. The average molecular weight is 317 g/mol. The highest BCUT2D eigenvalue weighted by atomic mass is 16.2. The third-order valence-electron chi connectivity index (χ3n) is 3.94. The Morgan fingerprint density at radius 3 is 3.00 bits per heavy atom. The van der Waals surface area contributed by atoms with Gasteiger partial charge in [0, 0.05) is 32.3 Å². The Kier molecular flexibility index (Phi) is 4.40. The standard InChI is InChI=1S/C15H19N5O3/c21-13(16-6-3-9-18-7-2-5-14(18)22)10-20-15(23)12-4-1-8-19(12)11-17-20/h1,4,8,11H,2-3,5-7,9-10H2,(H,16,21). The molecule has 0 saturated carbocycles. The number of hydrogen-bond acceptors (Lipinski definition) is 4. The van der Waals surface area contributed by atoms with E-state index in [0.29, 0.717) is 31.4 Å². The number of aromatic nitrogens is 3. The third-order valence-corrected chi connectivity index (χ3v) is 3.94. The van der Waals surface area contributed by atoms with Crippen LogP contribution in [0, 0.1) is 0 Å². The van der Waals surface area contributed by atoms with Gasteiger partial charge in [-0.15, -0.1) is 0 Å². The maximum absolute atomic E-state index is 12.1. The summed E-state index contributed by atoms with van der Waals surface area (Å²) in [6.07, 6.45) is 5.49. The van der Waals surface area contributed by atoms with E-state index in [4.69, 9.17) is 0 Å². The van der Waals surface area contributed by atoms with Gasteiger partial charge in [-0.1, -0.05) is 0 Å². The van der Waals surface area contributed by atoms with Crippen LogP contribution in [-0.4, -0.2) is 50.5 Å². The van der Waals surface area contributed by atoms with Crippen molar-refractivity contribution in [1.29, 1.82) is 0 Å². The molecule has 1 fully saturated rings. The molecule has 0 aliphatic carbocycles. The van der Waals surface area contributed by atoms with Gasteiger partial charge in [0.2, 0.25) is 11.8 Å². The van der Waals surface area contributed by atoms with Gasteiger partial charge < -0.3 is 14.6 Å². The molecule has 0 spiro atoms. The van der Waals surface area contributed by atoms with Crippen molar-refractivity contribution in [3.05, 3.63) is 35.0 Å². The van der Waals surface area contributed by atoms with Crippen molar-refractivity contribution in [3.63, 3.8) is 0 Å². The van der Waals surface area contributed by atoms with Crippen LogP contribution in [0.3, 0.4) is 0 Å². The summed E-state index contributed by atoms with van der Waals surface area (Å²) in [7, 11) is 0. The minimum absolute atomic E-state index is 0.108. The van der Waals surface area contributed by atoms with Crippen LogP contribution in [0.15, 0.2) is 29.5 Å². The van der Waals surface area contributed by atoms with Crippen molar-refractivity contribution >= 4 is 17.3 Å². The van der Waals surface area contributed by atoms with Crippen molar-refractivity contribution in [3.8, 4) is 0 Å². The molecule has 2 amide bonds. The van der Waals surface area contributed by atoms with Gasteiger partial charge >= 0.3 is 0 Å². The molecule has 1 saturated heterocycles. The molecular formula is C15H19N5O3. The molecule has 23 heavy (non-hydrogen) atoms. The van der Waals surface area contributed by atoms with Gasteiger partial charge in [-0.05, 0) is 25.0 Å². The van der Waals surface area contributed by atoms with E-state index >= 15 is 0 Å². The predicted octanol–water partition coefficient (Wildman–Crippen LogP) is -0.375. The lowest BCUT2D eigenvalue weighted by atomic mass is 10.4. The normalized spacial score (nSPS) is 14.6. The Bertz CT molecular complexity index is 779. The first kappa shape index (κ1) is 15.3. The molecular weight excluding hydrogens is 298 g/mol. The lowest BCUT2D eigenvalue weighted by Crippen LogP contribution is -2.35. The second kappa shape index (κ2) is 6.64. The number of carbonyl (C=O) groups is 2. The number of rotatable bonds is 6. The van der Waals surface area contributed by atoms with E-state index < -0.39 is 0 Å². The van der Waals surface area contributed by atoms with Crippen molar-refractivity contribution in [2.75, 3.05) is 19.6 Å². The fourth-order valence-electron chi connectivity index (χ4n) is 2.72. The highest BCUT2D eigenvalue weighted by Gasteiger charge is 2.19. The van der Waals surface area contributed by atoms with Crippen LogP contribution in [0.2, 0.25) is 0 Å². The summed E-state index contributed by atoms with van der Waals surface area (Å²) < 4.78 is 2.76. The number of hydrogen-bond donors (Lipinski definition) is 1. The highest BCUT2D eigenvalue weighted by Crippen LogP contribution is 2.09. The fraction of sp³-hybridized carbons (Fsp3) is 0.467. The Hall–Kier alpha value is -2.64. The van der Waals surface area contributed by atoms with Gasteiger partial charge in [0.05, 0.1) is 0 Å². The molecule has 2 aromatic heterocycles. The van der Waals surface area contributed by atoms with Gasteiger partial charge in [-0.3, -0.25) is 14.4 Å². The molecule has 0 bridgehead atoms. The average Bonchev–Trinajstić information content (AvgIpc) is 3.16. The molecule has 0 unspecified atom stereocenters. The second-order valence-corrected chi connectivity index (χ2v) is 5.58. The summed E-state index contributed by atoms with van der Waals surface area (Å²) in [6, 6.07) is 3.44. The van der Waals surface area contributed by atoms with Crippen LogP contribution in [0.1, 0.15) is 19.3 Å². The third kappa shape index (κ3) is 3.41. The van der Waals surface area contributed by atoms with Gasteiger partial charge in [0.1, 0.15) is 18.4 Å². The van der Waals surface area contributed by atoms with Crippen molar-refractivity contribution in [2.45, 2.75) is 25.8 Å². The lowest BCUT2D eigenvalue weighted by molar-refractivity contribution is -0.127. The van der Waals surface area contributed by atoms with Crippen LogP contribution in [0.25, 0.3) is 5.52 Å². The van der Waals surface area contributed by atoms with E-state index in [2.05, 4.69) is 10.4 Å². The van der Waals surface area contributed by atoms with Crippen molar-refractivity contribution in [1.82, 2.24) is 24.4 Å². The molecule has 0 aromatic carbocycles. The van der Waals surface area contributed by atoms with Crippen LogP contribution in [-0.2, 0) is 16.1 Å². The minimum Gasteiger partial charge on any atom is -0.354 e. The molecule has 3 heterocycles. The number of fused-ring (bicyclic) bond motifs is 1. The molecule has 3 rings (SSSR count). The first-order valence-electron chi connectivity index (χ1n) is 7.72. The summed E-state index contributed by atoms with van der Waals surface area (Å²) in [5.41, 5.74) is 0.190. The van der Waals surface area contributed by atoms with E-state index in [1.807, 2.05) is 4.90 Å². The molecule has 1 N–H and O–H groups in total. The van der Waals surface area contributed by atoms with E-state index in [1.54, 1.807) is 22.7 Å². The Labute approximate surface area is 132 Å². The first-order valence-corrected chi connectivity index (χ1v) is 7.72. The molecule has 0 atom stereocenters. The minimum atomic E-state index is -0.296. The summed E-state index contributed by atoms with van der Waals surface area (Å²) in [4.78, 5) is 37.3. The predicted molar refractivity (Wildman–Crippen MR) is 82.9 cm³/mol. The molecule has 0 radical (unpaired) electrons. The smallest absolute Gasteiger partial charge is 0.291 e. The number of carbonyl (C=O) groups excluding carboxylic acids is 2. The van der Waals surface area contributed by atoms with E-state index in [0.717, 1.165) is 17.6 Å². The second-order valence-electron chi connectivity index (χ2n) is 5.58. The zero-order valence-corrected chi connectivity index (χ0v) is 12.8. The van der Waals surface area contributed by atoms with Crippen LogP contribution < -0.4 is 10.9 Å². The van der Waals surface area contributed by atoms with Gasteiger partial charge in [-0.2, -0.15) is 5.10 Å². The quantitative estimate of drug-likeness (QED) is 0.736. The number of likely N-dealkylation sites (tertiary alicyclic amines) is 1. The largest absolute Gasteiger partial charge is 0.354 e. The fourth-order valence-corrected chi connectivity index (χ4v) is 2.72. The van der Waals surface area contributed by atoms with Crippen molar-refractivity contribution in [2.24, 2.45) is 0 Å². The summed E-state index contributed by atoms with van der Waals surface area (Å²) >= 11 is 0. The zero-order chi connectivity index (χ0) is 16.2. The van der Waals surface area contributed by atoms with Crippen LogP contribution >= 0.6 is 0 Å². The summed E-state index contributed by atoms with van der Waals surface area (Å²) in [5.74, 6) is -0.0733. The van der Waals surface area contributed by atoms with Gasteiger partial charge in [0.15, 0.2) is 0 Å². The lowest BCUT2D eigenvalue weighted by Gasteiger charge is -2.15. The Morgan fingerprint density at radius 1 is 1.35 bits per heavy atom. The van der Waals surface area contributed by atoms with Gasteiger partial charge in [-0.25, -0.2) is 4.68 Å². The summed E-state index contributed by atoms with van der Waals surface area (Å²) in [5, 5.41) is 6.73. The SMILES string of the molecule is O=C(Cn1ncn2cccc2c1=O)NCCCN1CCCC1=O. The Balaban J connectivity index is 1.48. The van der Waals surface area contributed by atoms with E-state index in [9.17, 15) is 14.4 Å². The zero-order valence-electron chi connectivity index (χ0n) is 12.8. The van der Waals surface area contributed by atoms with E-state index in [1.165, 1.54) is 6.33 Å². The molecule has 1 aliphatic heterocycles. The molecule has 122 valence electrons.